The molecule has 1 aliphatic rings. The maximum atomic E-state index is 11.8. The molecule has 116 valence electrons. The second-order valence-corrected chi connectivity index (χ2v) is 7.42. The fourth-order valence-electron chi connectivity index (χ4n) is 2.20. The molecule has 2 rings (SSSR count). The summed E-state index contributed by atoms with van der Waals surface area (Å²) in [7, 11) is 0. The van der Waals surface area contributed by atoms with Gasteiger partial charge in [0.1, 0.15) is 5.60 Å². The number of likely N-dealkylation sites (tertiary alicyclic amines) is 1. The van der Waals surface area contributed by atoms with E-state index in [1.807, 2.05) is 32.9 Å². The van der Waals surface area contributed by atoms with E-state index in [2.05, 4.69) is 33.4 Å². The van der Waals surface area contributed by atoms with Crippen LogP contribution in [0.4, 0.5) is 4.79 Å². The molecule has 1 aromatic carbocycles. The Kier molecular flexibility index (Phi) is 5.27. The predicted molar refractivity (Wildman–Crippen MR) is 87.1 cm³/mol. The van der Waals surface area contributed by atoms with Crippen LogP contribution in [0.1, 0.15) is 26.3 Å². The van der Waals surface area contributed by atoms with Crippen LogP contribution in [0, 0.1) is 5.92 Å². The van der Waals surface area contributed by atoms with Crippen LogP contribution in [-0.4, -0.2) is 36.2 Å². The summed E-state index contributed by atoms with van der Waals surface area (Å²) in [6, 6.07) is 8.30. The molecule has 1 N–H and O–H groups in total. The number of hydrogen-bond donors (Lipinski definition) is 1. The Morgan fingerprint density at radius 1 is 1.33 bits per heavy atom. The Morgan fingerprint density at radius 3 is 2.52 bits per heavy atom. The molecule has 1 fully saturated rings. The quantitative estimate of drug-likeness (QED) is 0.900. The monoisotopic (exact) mass is 354 g/mol. The van der Waals surface area contributed by atoms with E-state index in [0.29, 0.717) is 5.92 Å². The maximum Gasteiger partial charge on any atom is 0.410 e. The van der Waals surface area contributed by atoms with Crippen LogP contribution >= 0.6 is 15.9 Å². The van der Waals surface area contributed by atoms with Gasteiger partial charge in [0, 0.05) is 36.6 Å². The van der Waals surface area contributed by atoms with E-state index >= 15 is 0 Å². The molecule has 0 bridgehead atoms. The van der Waals surface area contributed by atoms with E-state index in [-0.39, 0.29) is 6.09 Å². The van der Waals surface area contributed by atoms with Crippen molar-refractivity contribution in [3.63, 3.8) is 0 Å². The number of nitrogens with one attached hydrogen (secondary N) is 1. The minimum atomic E-state index is -0.415. The summed E-state index contributed by atoms with van der Waals surface area (Å²) < 4.78 is 6.43. The summed E-state index contributed by atoms with van der Waals surface area (Å²) in [4.78, 5) is 13.6. The highest BCUT2D eigenvalue weighted by atomic mass is 79.9. The molecule has 0 aliphatic carbocycles. The lowest BCUT2D eigenvalue weighted by Gasteiger charge is -2.39. The second kappa shape index (κ2) is 6.79. The molecule has 0 radical (unpaired) electrons. The van der Waals surface area contributed by atoms with Crippen LogP contribution in [0.25, 0.3) is 0 Å². The van der Waals surface area contributed by atoms with Crippen molar-refractivity contribution in [3.05, 3.63) is 34.3 Å². The highest BCUT2D eigenvalue weighted by molar-refractivity contribution is 9.10. The predicted octanol–water partition coefficient (Wildman–Crippen LogP) is 3.41. The molecule has 5 heteroatoms. The zero-order valence-electron chi connectivity index (χ0n) is 12.9. The molecule has 1 aromatic rings. The molecule has 4 nitrogen and oxygen atoms in total. The number of nitrogens with zero attached hydrogens (tertiary/aromatic N) is 1. The van der Waals surface area contributed by atoms with Gasteiger partial charge in [0.25, 0.3) is 0 Å². The zero-order chi connectivity index (χ0) is 15.5. The van der Waals surface area contributed by atoms with Crippen molar-refractivity contribution < 1.29 is 9.53 Å². The number of hydrogen-bond acceptors (Lipinski definition) is 3. The summed E-state index contributed by atoms with van der Waals surface area (Å²) in [6.45, 7) is 9.02. The lowest BCUT2D eigenvalue weighted by molar-refractivity contribution is -0.000798. The molecule has 0 spiro atoms. The first kappa shape index (κ1) is 16.3. The van der Waals surface area contributed by atoms with E-state index in [9.17, 15) is 4.79 Å². The third-order valence-electron chi connectivity index (χ3n) is 3.28. The minimum absolute atomic E-state index is 0.202. The summed E-state index contributed by atoms with van der Waals surface area (Å²) in [5.74, 6) is 0.521. The Hall–Kier alpha value is -1.07. The molecule has 0 aromatic heterocycles. The molecule has 21 heavy (non-hydrogen) atoms. The lowest BCUT2D eigenvalue weighted by Crippen LogP contribution is -2.54. The van der Waals surface area contributed by atoms with Crippen LogP contribution in [0.15, 0.2) is 28.7 Å². The van der Waals surface area contributed by atoms with E-state index in [0.717, 1.165) is 30.7 Å². The van der Waals surface area contributed by atoms with Gasteiger partial charge in [0.2, 0.25) is 0 Å². The molecule has 1 saturated heterocycles. The number of halogens is 1. The highest BCUT2D eigenvalue weighted by Gasteiger charge is 2.33. The van der Waals surface area contributed by atoms with E-state index < -0.39 is 5.60 Å². The summed E-state index contributed by atoms with van der Waals surface area (Å²) in [6.07, 6.45) is -0.202. The third-order valence-corrected chi connectivity index (χ3v) is 3.81. The van der Waals surface area contributed by atoms with Crippen molar-refractivity contribution in [2.45, 2.75) is 32.9 Å². The number of rotatable bonds is 4. The van der Waals surface area contributed by atoms with Gasteiger partial charge in [0.15, 0.2) is 0 Å². The lowest BCUT2D eigenvalue weighted by atomic mass is 10.0. The van der Waals surface area contributed by atoms with E-state index in [1.54, 1.807) is 4.90 Å². The summed E-state index contributed by atoms with van der Waals surface area (Å²) in [5, 5.41) is 3.44. The first-order valence-electron chi connectivity index (χ1n) is 7.26. The smallest absolute Gasteiger partial charge is 0.410 e. The number of carbonyl (C=O) groups excluding carboxylic acids is 1. The van der Waals surface area contributed by atoms with Gasteiger partial charge < -0.3 is 15.0 Å². The molecule has 0 atom stereocenters. The highest BCUT2D eigenvalue weighted by Crippen LogP contribution is 2.19. The number of amides is 1. The van der Waals surface area contributed by atoms with Gasteiger partial charge in [-0.15, -0.1) is 0 Å². The Balaban J connectivity index is 1.62. The average molecular weight is 355 g/mol. The van der Waals surface area contributed by atoms with Gasteiger partial charge in [-0.3, -0.25) is 0 Å². The SMILES string of the molecule is CC(C)(C)OC(=O)N1CC(CNCc2ccc(Br)cc2)C1. The fraction of sp³-hybridized carbons (Fsp3) is 0.562. The normalized spacial score (nSPS) is 15.7. The van der Waals surface area contributed by atoms with Crippen molar-refractivity contribution in [1.29, 1.82) is 0 Å². The summed E-state index contributed by atoms with van der Waals surface area (Å²) in [5.41, 5.74) is 0.851. The van der Waals surface area contributed by atoms with Crippen LogP contribution < -0.4 is 5.32 Å². The van der Waals surface area contributed by atoms with Gasteiger partial charge in [-0.2, -0.15) is 0 Å². The molecule has 1 amide bonds. The van der Waals surface area contributed by atoms with Crippen LogP contribution in [0.3, 0.4) is 0 Å². The Morgan fingerprint density at radius 2 is 1.95 bits per heavy atom. The fourth-order valence-corrected chi connectivity index (χ4v) is 2.46. The van der Waals surface area contributed by atoms with Gasteiger partial charge in [-0.25, -0.2) is 4.79 Å². The van der Waals surface area contributed by atoms with Gasteiger partial charge >= 0.3 is 6.09 Å². The number of ether oxygens (including phenoxy) is 1. The molecular formula is C16H23BrN2O2. The molecular weight excluding hydrogens is 332 g/mol. The summed E-state index contributed by atoms with van der Waals surface area (Å²) >= 11 is 3.43. The van der Waals surface area contributed by atoms with Crippen LogP contribution in [0.5, 0.6) is 0 Å². The molecule has 0 unspecified atom stereocenters. The van der Waals surface area contributed by atoms with E-state index in [4.69, 9.17) is 4.74 Å². The number of benzene rings is 1. The molecule has 1 heterocycles. The first-order valence-corrected chi connectivity index (χ1v) is 8.06. The minimum Gasteiger partial charge on any atom is -0.444 e. The molecule has 0 saturated carbocycles. The topological polar surface area (TPSA) is 41.6 Å². The largest absolute Gasteiger partial charge is 0.444 e. The maximum absolute atomic E-state index is 11.8. The van der Waals surface area contributed by atoms with Gasteiger partial charge in [-0.1, -0.05) is 28.1 Å². The first-order chi connectivity index (χ1) is 9.83. The van der Waals surface area contributed by atoms with Crippen molar-refractivity contribution in [2.75, 3.05) is 19.6 Å². The second-order valence-electron chi connectivity index (χ2n) is 6.51. The van der Waals surface area contributed by atoms with Crippen molar-refractivity contribution in [2.24, 2.45) is 5.92 Å². The van der Waals surface area contributed by atoms with Crippen LogP contribution in [-0.2, 0) is 11.3 Å². The Labute approximate surface area is 135 Å². The average Bonchev–Trinajstić information content (AvgIpc) is 2.32. The molecule has 1 aliphatic heterocycles. The van der Waals surface area contributed by atoms with Crippen molar-refractivity contribution >= 4 is 22.0 Å². The van der Waals surface area contributed by atoms with Gasteiger partial charge in [0.05, 0.1) is 0 Å². The standard InChI is InChI=1S/C16H23BrN2O2/c1-16(2,3)21-15(20)19-10-13(11-19)9-18-8-12-4-6-14(17)7-5-12/h4-7,13,18H,8-11H2,1-3H3. The van der Waals surface area contributed by atoms with Crippen molar-refractivity contribution in [1.82, 2.24) is 10.2 Å². The van der Waals surface area contributed by atoms with Crippen molar-refractivity contribution in [3.8, 4) is 0 Å². The third kappa shape index (κ3) is 5.32. The van der Waals surface area contributed by atoms with Crippen LogP contribution in [0.2, 0.25) is 0 Å². The zero-order valence-corrected chi connectivity index (χ0v) is 14.4. The van der Waals surface area contributed by atoms with Gasteiger partial charge in [-0.05, 0) is 38.5 Å². The Bertz CT molecular complexity index is 476. The van der Waals surface area contributed by atoms with E-state index in [1.165, 1.54) is 5.56 Å². The number of carbonyl (C=O) groups is 1.